The van der Waals surface area contributed by atoms with E-state index in [1.807, 2.05) is 38.2 Å². The van der Waals surface area contributed by atoms with E-state index in [9.17, 15) is 4.79 Å². The van der Waals surface area contributed by atoms with Gasteiger partial charge in [0, 0.05) is 39.0 Å². The minimum atomic E-state index is -0.0195. The molecular weight excluding hydrogens is 252 g/mol. The van der Waals surface area contributed by atoms with Gasteiger partial charge in [0.1, 0.15) is 5.82 Å². The van der Waals surface area contributed by atoms with Crippen molar-refractivity contribution in [2.45, 2.75) is 39.2 Å². The van der Waals surface area contributed by atoms with Gasteiger partial charge in [-0.25, -0.2) is 4.98 Å². The highest BCUT2D eigenvalue weighted by Crippen LogP contribution is 2.21. The van der Waals surface area contributed by atoms with Crippen LogP contribution in [0.2, 0.25) is 0 Å². The topological polar surface area (TPSA) is 50.2 Å². The van der Waals surface area contributed by atoms with Crippen molar-refractivity contribution in [3.8, 4) is 0 Å². The zero-order valence-electron chi connectivity index (χ0n) is 12.8. The molecule has 1 aliphatic heterocycles. The number of hydrogen-bond acceptors (Lipinski definition) is 3. The van der Waals surface area contributed by atoms with Crippen LogP contribution in [0.3, 0.4) is 0 Å². The van der Waals surface area contributed by atoms with Crippen LogP contribution in [0.25, 0.3) is 0 Å². The summed E-state index contributed by atoms with van der Waals surface area (Å²) >= 11 is 0. The van der Waals surface area contributed by atoms with Crippen LogP contribution in [0.15, 0.2) is 12.4 Å². The van der Waals surface area contributed by atoms with E-state index in [-0.39, 0.29) is 11.9 Å². The van der Waals surface area contributed by atoms with Crippen molar-refractivity contribution >= 4 is 5.91 Å². The van der Waals surface area contributed by atoms with Gasteiger partial charge < -0.3 is 14.8 Å². The summed E-state index contributed by atoms with van der Waals surface area (Å²) in [7, 11) is 2.03. The molecule has 112 valence electrons. The first-order chi connectivity index (χ1) is 9.65. The average Bonchev–Trinajstić information content (AvgIpc) is 2.86. The second kappa shape index (κ2) is 6.88. The highest BCUT2D eigenvalue weighted by Gasteiger charge is 2.29. The molecule has 0 bridgehead atoms. The van der Waals surface area contributed by atoms with Crippen molar-refractivity contribution < 1.29 is 4.79 Å². The number of nitrogens with zero attached hydrogens (tertiary/aromatic N) is 3. The SMILES string of the molecule is CCN(CC)C(=O)C1CC(Cc2nccn2C)CCN1. The molecule has 1 amide bonds. The Balaban J connectivity index is 1.95. The lowest BCUT2D eigenvalue weighted by molar-refractivity contribution is -0.134. The maximum atomic E-state index is 12.4. The van der Waals surface area contributed by atoms with Crippen LogP contribution in [-0.2, 0) is 18.3 Å². The summed E-state index contributed by atoms with van der Waals surface area (Å²) in [5.74, 6) is 1.91. The zero-order chi connectivity index (χ0) is 14.5. The van der Waals surface area contributed by atoms with E-state index in [1.54, 1.807) is 0 Å². The van der Waals surface area contributed by atoms with Gasteiger partial charge in [-0.15, -0.1) is 0 Å². The van der Waals surface area contributed by atoms with E-state index in [1.165, 1.54) is 0 Å². The third kappa shape index (κ3) is 3.39. The Kier molecular flexibility index (Phi) is 5.17. The molecule has 0 saturated carbocycles. The molecule has 0 aromatic carbocycles. The van der Waals surface area contributed by atoms with Crippen molar-refractivity contribution in [1.82, 2.24) is 19.8 Å². The largest absolute Gasteiger partial charge is 0.342 e. The molecule has 1 aromatic heterocycles. The van der Waals surface area contributed by atoms with Crippen molar-refractivity contribution in [2.24, 2.45) is 13.0 Å². The Hall–Kier alpha value is -1.36. The highest BCUT2D eigenvalue weighted by molar-refractivity contribution is 5.82. The normalized spacial score (nSPS) is 22.8. The van der Waals surface area contributed by atoms with Gasteiger partial charge in [-0.1, -0.05) is 0 Å². The number of carbonyl (C=O) groups excluding carboxylic acids is 1. The molecule has 1 aliphatic rings. The first-order valence-corrected chi connectivity index (χ1v) is 7.64. The fraction of sp³-hybridized carbons (Fsp3) is 0.733. The summed E-state index contributed by atoms with van der Waals surface area (Å²) < 4.78 is 2.07. The Morgan fingerprint density at radius 1 is 1.50 bits per heavy atom. The van der Waals surface area contributed by atoms with Gasteiger partial charge in [-0.2, -0.15) is 0 Å². The Morgan fingerprint density at radius 3 is 2.85 bits per heavy atom. The Labute approximate surface area is 121 Å². The first kappa shape index (κ1) is 15.0. The van der Waals surface area contributed by atoms with E-state index < -0.39 is 0 Å². The average molecular weight is 278 g/mol. The molecule has 0 spiro atoms. The van der Waals surface area contributed by atoms with Crippen LogP contribution in [0.4, 0.5) is 0 Å². The second-order valence-electron chi connectivity index (χ2n) is 5.57. The monoisotopic (exact) mass is 278 g/mol. The summed E-state index contributed by atoms with van der Waals surface area (Å²) in [6.45, 7) is 6.58. The fourth-order valence-electron chi connectivity index (χ4n) is 2.98. The van der Waals surface area contributed by atoms with E-state index in [0.717, 1.165) is 44.7 Å². The molecule has 1 saturated heterocycles. The van der Waals surface area contributed by atoms with E-state index in [0.29, 0.717) is 5.92 Å². The number of imidazole rings is 1. The molecule has 5 heteroatoms. The number of nitrogens with one attached hydrogen (secondary N) is 1. The number of aryl methyl sites for hydroxylation is 1. The van der Waals surface area contributed by atoms with E-state index in [4.69, 9.17) is 0 Å². The lowest BCUT2D eigenvalue weighted by atomic mass is 9.89. The first-order valence-electron chi connectivity index (χ1n) is 7.64. The molecule has 1 N–H and O–H groups in total. The minimum Gasteiger partial charge on any atom is -0.342 e. The lowest BCUT2D eigenvalue weighted by Crippen LogP contribution is -2.50. The Bertz CT molecular complexity index is 439. The van der Waals surface area contributed by atoms with Crippen molar-refractivity contribution in [3.63, 3.8) is 0 Å². The second-order valence-corrected chi connectivity index (χ2v) is 5.57. The van der Waals surface area contributed by atoms with Gasteiger partial charge in [0.05, 0.1) is 6.04 Å². The van der Waals surface area contributed by atoms with Crippen LogP contribution in [0, 0.1) is 5.92 Å². The third-order valence-corrected chi connectivity index (χ3v) is 4.28. The molecule has 2 rings (SSSR count). The van der Waals surface area contributed by atoms with Crippen LogP contribution in [0.5, 0.6) is 0 Å². The molecule has 0 radical (unpaired) electrons. The molecule has 1 fully saturated rings. The molecule has 1 aromatic rings. The summed E-state index contributed by atoms with van der Waals surface area (Å²) in [5, 5.41) is 3.37. The van der Waals surface area contributed by atoms with Crippen LogP contribution in [-0.4, -0.2) is 46.0 Å². The smallest absolute Gasteiger partial charge is 0.239 e. The number of aromatic nitrogens is 2. The van der Waals surface area contributed by atoms with Gasteiger partial charge in [0.2, 0.25) is 5.91 Å². The summed E-state index contributed by atoms with van der Waals surface area (Å²) in [6.07, 6.45) is 6.83. The number of amides is 1. The zero-order valence-corrected chi connectivity index (χ0v) is 12.8. The summed E-state index contributed by atoms with van der Waals surface area (Å²) in [4.78, 5) is 18.7. The summed E-state index contributed by atoms with van der Waals surface area (Å²) in [6, 6.07) is -0.0195. The number of likely N-dealkylation sites (N-methyl/N-ethyl adjacent to an activating group) is 1. The predicted octanol–water partition coefficient (Wildman–Crippen LogP) is 1.20. The van der Waals surface area contributed by atoms with Gasteiger partial charge in [-0.05, 0) is 39.2 Å². The van der Waals surface area contributed by atoms with Crippen molar-refractivity contribution in [1.29, 1.82) is 0 Å². The molecular formula is C15H26N4O. The summed E-state index contributed by atoms with van der Waals surface area (Å²) in [5.41, 5.74) is 0. The molecule has 20 heavy (non-hydrogen) atoms. The third-order valence-electron chi connectivity index (χ3n) is 4.28. The number of hydrogen-bond donors (Lipinski definition) is 1. The lowest BCUT2D eigenvalue weighted by Gasteiger charge is -2.32. The van der Waals surface area contributed by atoms with Crippen LogP contribution < -0.4 is 5.32 Å². The highest BCUT2D eigenvalue weighted by atomic mass is 16.2. The maximum absolute atomic E-state index is 12.4. The molecule has 5 nitrogen and oxygen atoms in total. The van der Waals surface area contributed by atoms with Crippen LogP contribution >= 0.6 is 0 Å². The number of piperidine rings is 1. The van der Waals surface area contributed by atoms with Gasteiger partial charge in [0.25, 0.3) is 0 Å². The molecule has 0 aliphatic carbocycles. The molecule has 2 atom stereocenters. The fourth-order valence-corrected chi connectivity index (χ4v) is 2.98. The number of carbonyl (C=O) groups is 1. The van der Waals surface area contributed by atoms with Gasteiger partial charge >= 0.3 is 0 Å². The van der Waals surface area contributed by atoms with E-state index in [2.05, 4.69) is 14.9 Å². The Morgan fingerprint density at radius 2 is 2.25 bits per heavy atom. The maximum Gasteiger partial charge on any atom is 0.239 e. The van der Waals surface area contributed by atoms with Crippen molar-refractivity contribution in [2.75, 3.05) is 19.6 Å². The number of rotatable bonds is 5. The standard InChI is InChI=1S/C15H26N4O/c1-4-19(5-2)15(20)13-10-12(6-7-16-13)11-14-17-8-9-18(14)3/h8-9,12-13,16H,4-7,10-11H2,1-3H3. The quantitative estimate of drug-likeness (QED) is 0.880. The van der Waals surface area contributed by atoms with Crippen molar-refractivity contribution in [3.05, 3.63) is 18.2 Å². The van der Waals surface area contributed by atoms with Gasteiger partial charge in [0.15, 0.2) is 0 Å². The van der Waals surface area contributed by atoms with Crippen LogP contribution in [0.1, 0.15) is 32.5 Å². The van der Waals surface area contributed by atoms with E-state index >= 15 is 0 Å². The minimum absolute atomic E-state index is 0.0195. The predicted molar refractivity (Wildman–Crippen MR) is 79.4 cm³/mol. The molecule has 2 heterocycles. The van der Waals surface area contributed by atoms with Gasteiger partial charge in [-0.3, -0.25) is 4.79 Å². The molecule has 2 unspecified atom stereocenters.